The molecule has 0 saturated heterocycles. The SMILES string of the molecule is c1ccc(N(c2ccccc2)c2ccccc2)cc1.c1ccc(Nc2ccc3ccccc3c2)cc1. The first-order valence-electron chi connectivity index (χ1n) is 12.1. The summed E-state index contributed by atoms with van der Waals surface area (Å²) < 4.78 is 0. The monoisotopic (exact) mass is 464 g/mol. The van der Waals surface area contributed by atoms with Crippen molar-refractivity contribution in [2.75, 3.05) is 10.2 Å². The van der Waals surface area contributed by atoms with Crippen LogP contribution in [0.5, 0.6) is 0 Å². The van der Waals surface area contributed by atoms with Crippen molar-refractivity contribution in [2.24, 2.45) is 0 Å². The molecule has 0 saturated carbocycles. The lowest BCUT2D eigenvalue weighted by molar-refractivity contribution is 1.28. The Morgan fingerprint density at radius 3 is 1.25 bits per heavy atom. The number of anilines is 5. The lowest BCUT2D eigenvalue weighted by Gasteiger charge is -2.25. The van der Waals surface area contributed by atoms with Crippen LogP contribution in [0.15, 0.2) is 164 Å². The molecule has 0 aliphatic carbocycles. The van der Waals surface area contributed by atoms with Crippen molar-refractivity contribution < 1.29 is 0 Å². The number of hydrogen-bond donors (Lipinski definition) is 1. The fourth-order valence-electron chi connectivity index (χ4n) is 4.13. The van der Waals surface area contributed by atoms with Gasteiger partial charge in [0.2, 0.25) is 0 Å². The molecular weight excluding hydrogens is 436 g/mol. The van der Waals surface area contributed by atoms with E-state index in [1.54, 1.807) is 0 Å². The molecule has 0 aliphatic heterocycles. The molecule has 0 amide bonds. The van der Waals surface area contributed by atoms with Gasteiger partial charge in [0.25, 0.3) is 0 Å². The number of nitrogens with zero attached hydrogens (tertiary/aromatic N) is 1. The van der Waals surface area contributed by atoms with Crippen molar-refractivity contribution in [3.63, 3.8) is 0 Å². The molecule has 6 aromatic rings. The largest absolute Gasteiger partial charge is 0.356 e. The molecule has 0 aromatic heterocycles. The maximum atomic E-state index is 3.40. The number of hydrogen-bond acceptors (Lipinski definition) is 2. The van der Waals surface area contributed by atoms with E-state index in [9.17, 15) is 0 Å². The third-order valence-corrected chi connectivity index (χ3v) is 5.86. The van der Waals surface area contributed by atoms with Crippen LogP contribution in [0.2, 0.25) is 0 Å². The van der Waals surface area contributed by atoms with Gasteiger partial charge in [-0.3, -0.25) is 0 Å². The van der Waals surface area contributed by atoms with Gasteiger partial charge in [-0.05, 0) is 71.4 Å². The van der Waals surface area contributed by atoms with Crippen molar-refractivity contribution >= 4 is 39.2 Å². The first-order chi connectivity index (χ1) is 17.9. The second-order valence-electron chi connectivity index (χ2n) is 8.40. The highest BCUT2D eigenvalue weighted by molar-refractivity contribution is 5.86. The van der Waals surface area contributed by atoms with Crippen molar-refractivity contribution in [3.05, 3.63) is 164 Å². The highest BCUT2D eigenvalue weighted by Gasteiger charge is 2.10. The summed E-state index contributed by atoms with van der Waals surface area (Å²) in [7, 11) is 0. The summed E-state index contributed by atoms with van der Waals surface area (Å²) in [5.74, 6) is 0. The summed E-state index contributed by atoms with van der Waals surface area (Å²) >= 11 is 0. The van der Waals surface area contributed by atoms with Crippen LogP contribution >= 0.6 is 0 Å². The van der Waals surface area contributed by atoms with E-state index in [-0.39, 0.29) is 0 Å². The summed E-state index contributed by atoms with van der Waals surface area (Å²) in [6.07, 6.45) is 0. The van der Waals surface area contributed by atoms with Crippen LogP contribution in [0, 0.1) is 0 Å². The molecule has 0 aliphatic rings. The Morgan fingerprint density at radius 1 is 0.333 bits per heavy atom. The van der Waals surface area contributed by atoms with Gasteiger partial charge in [0.1, 0.15) is 0 Å². The fourth-order valence-corrected chi connectivity index (χ4v) is 4.13. The van der Waals surface area contributed by atoms with Gasteiger partial charge in [-0.1, -0.05) is 103 Å². The zero-order chi connectivity index (χ0) is 24.4. The van der Waals surface area contributed by atoms with Crippen LogP contribution < -0.4 is 10.2 Å². The molecule has 6 rings (SSSR count). The molecule has 0 unspecified atom stereocenters. The van der Waals surface area contributed by atoms with E-state index >= 15 is 0 Å². The average molecular weight is 465 g/mol. The van der Waals surface area contributed by atoms with Crippen LogP contribution in [-0.4, -0.2) is 0 Å². The Hall–Kier alpha value is -4.82. The van der Waals surface area contributed by atoms with Gasteiger partial charge < -0.3 is 10.2 Å². The van der Waals surface area contributed by atoms with E-state index in [2.05, 4.69) is 138 Å². The van der Waals surface area contributed by atoms with Gasteiger partial charge in [0, 0.05) is 28.4 Å². The van der Waals surface area contributed by atoms with Gasteiger partial charge in [0.05, 0.1) is 0 Å². The van der Waals surface area contributed by atoms with Crippen molar-refractivity contribution in [2.45, 2.75) is 0 Å². The van der Waals surface area contributed by atoms with Crippen LogP contribution in [0.25, 0.3) is 10.8 Å². The normalized spacial score (nSPS) is 10.2. The molecule has 0 bridgehead atoms. The van der Waals surface area contributed by atoms with E-state index < -0.39 is 0 Å². The Morgan fingerprint density at radius 2 is 0.750 bits per heavy atom. The first kappa shape index (κ1) is 22.9. The summed E-state index contributed by atoms with van der Waals surface area (Å²) in [5.41, 5.74) is 5.73. The molecule has 0 radical (unpaired) electrons. The standard InChI is InChI=1S/C18H15N.C16H13N/c1-4-10-16(11-5-1)19(17-12-6-2-7-13-17)18-14-8-3-9-15-18;1-2-8-15(9-3-1)17-16-11-10-13-6-4-5-7-14(13)12-16/h1-15H;1-12,17H. The minimum atomic E-state index is 1.11. The lowest BCUT2D eigenvalue weighted by atomic mass is 10.1. The predicted molar refractivity (Wildman–Crippen MR) is 155 cm³/mol. The summed E-state index contributed by atoms with van der Waals surface area (Å²) in [5, 5.41) is 5.92. The molecule has 0 heterocycles. The maximum Gasteiger partial charge on any atom is 0.0461 e. The number of para-hydroxylation sites is 4. The minimum absolute atomic E-state index is 1.11. The Balaban J connectivity index is 0.000000149. The fraction of sp³-hybridized carbons (Fsp3) is 0. The van der Waals surface area contributed by atoms with Crippen molar-refractivity contribution in [1.29, 1.82) is 0 Å². The van der Waals surface area contributed by atoms with E-state index in [0.717, 1.165) is 11.4 Å². The van der Waals surface area contributed by atoms with Crippen LogP contribution in [-0.2, 0) is 0 Å². The number of fused-ring (bicyclic) bond motifs is 1. The van der Waals surface area contributed by atoms with Gasteiger partial charge in [-0.2, -0.15) is 0 Å². The lowest BCUT2D eigenvalue weighted by Crippen LogP contribution is -2.09. The molecule has 0 fully saturated rings. The average Bonchev–Trinajstić information content (AvgIpc) is 2.96. The number of rotatable bonds is 5. The minimum Gasteiger partial charge on any atom is -0.356 e. The van der Waals surface area contributed by atoms with Crippen molar-refractivity contribution in [3.8, 4) is 0 Å². The highest BCUT2D eigenvalue weighted by atomic mass is 15.1. The number of nitrogens with one attached hydrogen (secondary N) is 1. The molecule has 2 nitrogen and oxygen atoms in total. The summed E-state index contributed by atoms with van der Waals surface area (Å²) in [4.78, 5) is 2.25. The molecule has 0 spiro atoms. The smallest absolute Gasteiger partial charge is 0.0461 e. The first-order valence-corrected chi connectivity index (χ1v) is 12.1. The Labute approximate surface area is 213 Å². The van der Waals surface area contributed by atoms with E-state index in [4.69, 9.17) is 0 Å². The Bertz CT molecular complexity index is 1390. The van der Waals surface area contributed by atoms with E-state index in [1.807, 2.05) is 36.4 Å². The molecule has 36 heavy (non-hydrogen) atoms. The molecule has 2 heteroatoms. The zero-order valence-electron chi connectivity index (χ0n) is 20.0. The second kappa shape index (κ2) is 11.5. The molecule has 6 aromatic carbocycles. The molecule has 0 atom stereocenters. The van der Waals surface area contributed by atoms with Crippen LogP contribution in [0.1, 0.15) is 0 Å². The van der Waals surface area contributed by atoms with Crippen LogP contribution in [0.4, 0.5) is 28.4 Å². The summed E-state index contributed by atoms with van der Waals surface area (Å²) in [6, 6.07) is 56.3. The van der Waals surface area contributed by atoms with Gasteiger partial charge in [0.15, 0.2) is 0 Å². The van der Waals surface area contributed by atoms with Crippen LogP contribution in [0.3, 0.4) is 0 Å². The second-order valence-corrected chi connectivity index (χ2v) is 8.40. The van der Waals surface area contributed by atoms with E-state index in [0.29, 0.717) is 0 Å². The van der Waals surface area contributed by atoms with Gasteiger partial charge in [-0.15, -0.1) is 0 Å². The predicted octanol–water partition coefficient (Wildman–Crippen LogP) is 9.74. The molecule has 1 N–H and O–H groups in total. The highest BCUT2D eigenvalue weighted by Crippen LogP contribution is 2.33. The van der Waals surface area contributed by atoms with E-state index in [1.165, 1.54) is 27.8 Å². The molecule has 174 valence electrons. The summed E-state index contributed by atoms with van der Waals surface area (Å²) in [6.45, 7) is 0. The maximum absolute atomic E-state index is 3.40. The zero-order valence-corrected chi connectivity index (χ0v) is 20.0. The molecular formula is C34H28N2. The number of benzene rings is 6. The Kier molecular flexibility index (Phi) is 7.36. The third-order valence-electron chi connectivity index (χ3n) is 5.86. The quantitative estimate of drug-likeness (QED) is 0.273. The van der Waals surface area contributed by atoms with Gasteiger partial charge >= 0.3 is 0 Å². The van der Waals surface area contributed by atoms with Crippen molar-refractivity contribution in [1.82, 2.24) is 0 Å². The van der Waals surface area contributed by atoms with Gasteiger partial charge in [-0.25, -0.2) is 0 Å². The topological polar surface area (TPSA) is 15.3 Å². The third kappa shape index (κ3) is 5.81.